The van der Waals surface area contributed by atoms with Gasteiger partial charge in [-0.2, -0.15) is 0 Å². The highest BCUT2D eigenvalue weighted by Crippen LogP contribution is 2.45. The van der Waals surface area contributed by atoms with Gasteiger partial charge in [0.1, 0.15) is 5.82 Å². The maximum atomic E-state index is 13.0. The van der Waals surface area contributed by atoms with E-state index in [4.69, 9.17) is 0 Å². The number of amides is 2. The van der Waals surface area contributed by atoms with Crippen molar-refractivity contribution in [3.05, 3.63) is 63.9 Å². The highest BCUT2D eigenvalue weighted by atomic mass is 79.9. The van der Waals surface area contributed by atoms with E-state index in [1.807, 2.05) is 25.1 Å². The highest BCUT2D eigenvalue weighted by molar-refractivity contribution is 9.10. The maximum absolute atomic E-state index is 13.0. The summed E-state index contributed by atoms with van der Waals surface area (Å²) in [6, 6.07) is 11.8. The van der Waals surface area contributed by atoms with Crippen LogP contribution in [-0.4, -0.2) is 6.03 Å². The van der Waals surface area contributed by atoms with E-state index in [2.05, 4.69) is 26.6 Å². The summed E-state index contributed by atoms with van der Waals surface area (Å²) in [7, 11) is 0. The van der Waals surface area contributed by atoms with Crippen molar-refractivity contribution in [3.63, 3.8) is 0 Å². The topological polar surface area (TPSA) is 41.1 Å². The van der Waals surface area contributed by atoms with Crippen molar-refractivity contribution in [3.8, 4) is 0 Å². The molecule has 3 rings (SSSR count). The van der Waals surface area contributed by atoms with Crippen molar-refractivity contribution in [2.75, 3.05) is 5.32 Å². The predicted octanol–water partition coefficient (Wildman–Crippen LogP) is 4.71. The first-order valence-electron chi connectivity index (χ1n) is 7.10. The molecule has 0 radical (unpaired) electrons. The Morgan fingerprint density at radius 2 is 1.86 bits per heavy atom. The lowest BCUT2D eigenvalue weighted by Gasteiger charge is -2.19. The summed E-state index contributed by atoms with van der Waals surface area (Å²) in [5.74, 6) is -0.271. The Morgan fingerprint density at radius 1 is 1.18 bits per heavy atom. The quantitative estimate of drug-likeness (QED) is 0.815. The molecule has 5 heteroatoms. The molecule has 2 amide bonds. The van der Waals surface area contributed by atoms with Gasteiger partial charge in [-0.3, -0.25) is 0 Å². The first kappa shape index (κ1) is 15.0. The minimum absolute atomic E-state index is 0.258. The Bertz CT molecular complexity index is 711. The molecule has 1 fully saturated rings. The fourth-order valence-corrected chi connectivity index (χ4v) is 3.06. The van der Waals surface area contributed by atoms with Crippen LogP contribution in [0.2, 0.25) is 0 Å². The van der Waals surface area contributed by atoms with Gasteiger partial charge in [-0.05, 0) is 71.1 Å². The van der Waals surface area contributed by atoms with Crippen LogP contribution in [0.1, 0.15) is 24.0 Å². The van der Waals surface area contributed by atoms with E-state index in [9.17, 15) is 9.18 Å². The minimum atomic E-state index is -0.366. The van der Waals surface area contributed by atoms with Gasteiger partial charge < -0.3 is 10.6 Å². The molecule has 22 heavy (non-hydrogen) atoms. The molecule has 2 aromatic carbocycles. The van der Waals surface area contributed by atoms with E-state index in [0.29, 0.717) is 0 Å². The van der Waals surface area contributed by atoms with Gasteiger partial charge >= 0.3 is 6.03 Å². The van der Waals surface area contributed by atoms with Crippen molar-refractivity contribution in [1.29, 1.82) is 0 Å². The second kappa shape index (κ2) is 5.72. The molecule has 0 aromatic heterocycles. The van der Waals surface area contributed by atoms with E-state index in [1.165, 1.54) is 12.1 Å². The Kier molecular flexibility index (Phi) is 3.91. The molecule has 1 saturated carbocycles. The average molecular weight is 363 g/mol. The molecule has 0 atom stereocenters. The third kappa shape index (κ3) is 3.14. The summed E-state index contributed by atoms with van der Waals surface area (Å²) in [6.07, 6.45) is 1.72. The van der Waals surface area contributed by atoms with Gasteiger partial charge in [0.2, 0.25) is 0 Å². The van der Waals surface area contributed by atoms with Crippen LogP contribution in [0.5, 0.6) is 0 Å². The number of urea groups is 1. The van der Waals surface area contributed by atoms with Gasteiger partial charge in [0.05, 0.1) is 11.2 Å². The van der Waals surface area contributed by atoms with Gasteiger partial charge in [0.15, 0.2) is 0 Å². The van der Waals surface area contributed by atoms with E-state index < -0.39 is 0 Å². The predicted molar refractivity (Wildman–Crippen MR) is 88.3 cm³/mol. The normalized spacial score (nSPS) is 15.2. The zero-order chi connectivity index (χ0) is 15.7. The molecule has 0 bridgehead atoms. The number of rotatable bonds is 3. The Labute approximate surface area is 137 Å². The fourth-order valence-electron chi connectivity index (χ4n) is 2.47. The summed E-state index contributed by atoms with van der Waals surface area (Å²) in [6.45, 7) is 1.99. The van der Waals surface area contributed by atoms with Crippen LogP contribution in [0.15, 0.2) is 46.9 Å². The van der Waals surface area contributed by atoms with Crippen molar-refractivity contribution in [2.24, 2.45) is 0 Å². The van der Waals surface area contributed by atoms with Crippen LogP contribution >= 0.6 is 15.9 Å². The highest BCUT2D eigenvalue weighted by Gasteiger charge is 2.45. The van der Waals surface area contributed by atoms with Gasteiger partial charge in [-0.15, -0.1) is 0 Å². The number of hydrogen-bond donors (Lipinski definition) is 2. The molecule has 1 aliphatic rings. The SMILES string of the molecule is Cc1ccc(NC(=O)NC2(c3ccc(F)cc3)CC2)c(Br)c1. The van der Waals surface area contributed by atoms with E-state index in [1.54, 1.807) is 12.1 Å². The molecule has 0 spiro atoms. The number of anilines is 1. The molecular formula is C17H16BrFN2O. The van der Waals surface area contributed by atoms with E-state index in [-0.39, 0.29) is 17.4 Å². The van der Waals surface area contributed by atoms with Crippen molar-refractivity contribution in [1.82, 2.24) is 5.32 Å². The molecule has 114 valence electrons. The first-order valence-corrected chi connectivity index (χ1v) is 7.89. The van der Waals surface area contributed by atoms with Crippen LogP contribution in [-0.2, 0) is 5.54 Å². The van der Waals surface area contributed by atoms with Crippen LogP contribution in [0, 0.1) is 12.7 Å². The largest absolute Gasteiger partial charge is 0.328 e. The number of benzene rings is 2. The van der Waals surface area contributed by atoms with Crippen molar-refractivity contribution >= 4 is 27.6 Å². The Hall–Kier alpha value is -1.88. The summed E-state index contributed by atoms with van der Waals surface area (Å²) >= 11 is 3.44. The third-order valence-electron chi connectivity index (χ3n) is 3.87. The Balaban J connectivity index is 1.70. The van der Waals surface area contributed by atoms with Crippen LogP contribution in [0.4, 0.5) is 14.9 Å². The molecule has 0 unspecified atom stereocenters. The first-order chi connectivity index (χ1) is 10.5. The van der Waals surface area contributed by atoms with Crippen LogP contribution in [0.3, 0.4) is 0 Å². The number of carbonyl (C=O) groups excluding carboxylic acids is 1. The minimum Gasteiger partial charge on any atom is -0.328 e. The molecule has 3 nitrogen and oxygen atoms in total. The second-order valence-electron chi connectivity index (χ2n) is 5.65. The number of carbonyl (C=O) groups is 1. The average Bonchev–Trinajstić information content (AvgIpc) is 3.23. The Morgan fingerprint density at radius 3 is 2.45 bits per heavy atom. The maximum Gasteiger partial charge on any atom is 0.319 e. The van der Waals surface area contributed by atoms with Crippen molar-refractivity contribution in [2.45, 2.75) is 25.3 Å². The smallest absolute Gasteiger partial charge is 0.319 e. The molecule has 1 aliphatic carbocycles. The molecule has 2 aromatic rings. The number of hydrogen-bond acceptors (Lipinski definition) is 1. The van der Waals surface area contributed by atoms with Gasteiger partial charge in [-0.1, -0.05) is 18.2 Å². The second-order valence-corrected chi connectivity index (χ2v) is 6.51. The summed E-state index contributed by atoms with van der Waals surface area (Å²) < 4.78 is 13.9. The van der Waals surface area contributed by atoms with Crippen LogP contribution in [0.25, 0.3) is 0 Å². The lowest BCUT2D eigenvalue weighted by molar-refractivity contribution is 0.247. The summed E-state index contributed by atoms with van der Waals surface area (Å²) in [4.78, 5) is 12.2. The molecule has 0 aliphatic heterocycles. The van der Waals surface area contributed by atoms with Gasteiger partial charge in [0, 0.05) is 4.47 Å². The lowest BCUT2D eigenvalue weighted by Crippen LogP contribution is -2.38. The zero-order valence-corrected chi connectivity index (χ0v) is 13.7. The standard InChI is InChI=1S/C17H16BrFN2O/c1-11-2-7-15(14(18)10-11)20-16(22)21-17(8-9-17)12-3-5-13(19)6-4-12/h2-7,10H,8-9H2,1H3,(H2,20,21,22). The summed E-state index contributed by atoms with van der Waals surface area (Å²) in [5.41, 5.74) is 2.41. The van der Waals surface area contributed by atoms with Gasteiger partial charge in [0.25, 0.3) is 0 Å². The fraction of sp³-hybridized carbons (Fsp3) is 0.235. The van der Waals surface area contributed by atoms with E-state index in [0.717, 1.165) is 34.1 Å². The monoisotopic (exact) mass is 362 g/mol. The van der Waals surface area contributed by atoms with Crippen LogP contribution < -0.4 is 10.6 Å². The molecule has 0 saturated heterocycles. The lowest BCUT2D eigenvalue weighted by atomic mass is 10.1. The molecule has 0 heterocycles. The van der Waals surface area contributed by atoms with Crippen molar-refractivity contribution < 1.29 is 9.18 Å². The van der Waals surface area contributed by atoms with Gasteiger partial charge in [-0.25, -0.2) is 9.18 Å². The third-order valence-corrected chi connectivity index (χ3v) is 4.53. The van der Waals surface area contributed by atoms with E-state index >= 15 is 0 Å². The molecule has 2 N–H and O–H groups in total. The molecular weight excluding hydrogens is 347 g/mol. The number of aryl methyl sites for hydroxylation is 1. The number of halogens is 2. The number of nitrogens with one attached hydrogen (secondary N) is 2. The summed E-state index contributed by atoms with van der Waals surface area (Å²) in [5, 5.41) is 5.84. The zero-order valence-electron chi connectivity index (χ0n) is 12.1.